The van der Waals surface area contributed by atoms with Gasteiger partial charge in [-0.2, -0.15) is 0 Å². The topological polar surface area (TPSA) is 44.2 Å². The minimum atomic E-state index is -0.0596. The predicted molar refractivity (Wildman–Crippen MR) is 55.5 cm³/mol. The first-order chi connectivity index (χ1) is 6.79. The Bertz CT molecular complexity index is 288. The van der Waals surface area contributed by atoms with Crippen LogP contribution in [0, 0.1) is 5.41 Å². The Morgan fingerprint density at radius 2 is 2.00 bits per heavy atom. The zero-order valence-corrected chi connectivity index (χ0v) is 8.38. The van der Waals surface area contributed by atoms with E-state index in [9.17, 15) is 4.79 Å². The van der Waals surface area contributed by atoms with Gasteiger partial charge in [-0.15, -0.1) is 0 Å². The summed E-state index contributed by atoms with van der Waals surface area (Å²) in [5.74, 6) is -0.0596. The highest BCUT2D eigenvalue weighted by Gasteiger charge is 2.24. The van der Waals surface area contributed by atoms with Crippen LogP contribution >= 0.6 is 0 Å². The average Bonchev–Trinajstić information content (AvgIpc) is 2.87. The van der Waals surface area contributed by atoms with Crippen molar-refractivity contribution in [3.05, 3.63) is 11.6 Å². The molecule has 3 nitrogen and oxygen atoms in total. The van der Waals surface area contributed by atoms with Gasteiger partial charge in [0.05, 0.1) is 0 Å². The number of nitrogens with zero attached hydrogens (tertiary/aromatic N) is 1. The van der Waals surface area contributed by atoms with Crippen molar-refractivity contribution in [2.75, 3.05) is 13.1 Å². The lowest BCUT2D eigenvalue weighted by molar-refractivity contribution is -0.123. The van der Waals surface area contributed by atoms with Crippen LogP contribution in [-0.4, -0.2) is 29.6 Å². The van der Waals surface area contributed by atoms with Crippen LogP contribution in [0.1, 0.15) is 32.1 Å². The molecule has 0 unspecified atom stereocenters. The van der Waals surface area contributed by atoms with Crippen LogP contribution < -0.4 is 0 Å². The van der Waals surface area contributed by atoms with Gasteiger partial charge in [-0.05, 0) is 37.7 Å². The maximum Gasteiger partial charge on any atom is 0.272 e. The van der Waals surface area contributed by atoms with Crippen molar-refractivity contribution in [2.24, 2.45) is 0 Å². The monoisotopic (exact) mass is 192 g/mol. The molecule has 1 aliphatic heterocycles. The maximum absolute atomic E-state index is 11.8. The van der Waals surface area contributed by atoms with E-state index in [0.29, 0.717) is 0 Å². The molecule has 0 saturated carbocycles. The SMILES string of the molecule is N=C(C(=O)N1CCCC1)C1=CCCC1. The van der Waals surface area contributed by atoms with Gasteiger partial charge in [-0.3, -0.25) is 10.2 Å². The first-order valence-electron chi connectivity index (χ1n) is 5.36. The van der Waals surface area contributed by atoms with Crippen LogP contribution in [0.25, 0.3) is 0 Å². The highest BCUT2D eigenvalue weighted by molar-refractivity contribution is 6.44. The molecule has 0 spiro atoms. The number of nitrogens with one attached hydrogen (secondary N) is 1. The van der Waals surface area contributed by atoms with Crippen molar-refractivity contribution in [3.63, 3.8) is 0 Å². The van der Waals surface area contributed by atoms with Gasteiger partial charge in [-0.25, -0.2) is 0 Å². The van der Waals surface area contributed by atoms with Gasteiger partial charge in [0.2, 0.25) is 0 Å². The molecule has 0 aromatic heterocycles. The van der Waals surface area contributed by atoms with Crippen LogP contribution in [0.2, 0.25) is 0 Å². The molecule has 0 aromatic carbocycles. The maximum atomic E-state index is 11.8. The zero-order valence-electron chi connectivity index (χ0n) is 8.38. The molecule has 0 aromatic rings. The van der Waals surface area contributed by atoms with Crippen molar-refractivity contribution >= 4 is 11.6 Å². The lowest BCUT2D eigenvalue weighted by atomic mass is 10.1. The second kappa shape index (κ2) is 3.95. The standard InChI is InChI=1S/C11H16N2O/c12-10(9-5-1-2-6-9)11(14)13-7-3-4-8-13/h5,12H,1-4,6-8H2. The molecule has 0 atom stereocenters. The molecule has 1 amide bonds. The lowest BCUT2D eigenvalue weighted by Gasteiger charge is -2.15. The van der Waals surface area contributed by atoms with Crippen LogP contribution in [0.5, 0.6) is 0 Å². The normalized spacial score (nSPS) is 21.1. The molecule has 76 valence electrons. The Labute approximate surface area is 84.3 Å². The Morgan fingerprint density at radius 1 is 1.29 bits per heavy atom. The second-order valence-electron chi connectivity index (χ2n) is 4.00. The number of carbonyl (C=O) groups is 1. The van der Waals surface area contributed by atoms with Crippen LogP contribution in [0.3, 0.4) is 0 Å². The first-order valence-corrected chi connectivity index (χ1v) is 5.36. The van der Waals surface area contributed by atoms with Gasteiger partial charge >= 0.3 is 0 Å². The number of likely N-dealkylation sites (tertiary alicyclic amines) is 1. The summed E-state index contributed by atoms with van der Waals surface area (Å²) in [4.78, 5) is 13.6. The number of allylic oxidation sites excluding steroid dienone is 1. The largest absolute Gasteiger partial charge is 0.337 e. The molecule has 1 heterocycles. The fourth-order valence-corrected chi connectivity index (χ4v) is 2.11. The molecule has 1 aliphatic carbocycles. The average molecular weight is 192 g/mol. The molecule has 0 bridgehead atoms. The van der Waals surface area contributed by atoms with Crippen LogP contribution in [0.4, 0.5) is 0 Å². The molecular formula is C11H16N2O. The summed E-state index contributed by atoms with van der Waals surface area (Å²) < 4.78 is 0. The summed E-state index contributed by atoms with van der Waals surface area (Å²) in [6.07, 6.45) is 7.28. The summed E-state index contributed by atoms with van der Waals surface area (Å²) >= 11 is 0. The molecule has 1 N–H and O–H groups in total. The van der Waals surface area contributed by atoms with E-state index in [2.05, 4.69) is 0 Å². The number of amides is 1. The van der Waals surface area contributed by atoms with Gasteiger partial charge in [0, 0.05) is 13.1 Å². The van der Waals surface area contributed by atoms with E-state index < -0.39 is 0 Å². The third-order valence-corrected chi connectivity index (χ3v) is 2.97. The van der Waals surface area contributed by atoms with Crippen molar-refractivity contribution in [1.82, 2.24) is 4.90 Å². The molecular weight excluding hydrogens is 176 g/mol. The van der Waals surface area contributed by atoms with E-state index in [0.717, 1.165) is 50.8 Å². The molecule has 3 heteroatoms. The van der Waals surface area contributed by atoms with E-state index in [4.69, 9.17) is 5.41 Å². The van der Waals surface area contributed by atoms with E-state index >= 15 is 0 Å². The summed E-state index contributed by atoms with van der Waals surface area (Å²) in [7, 11) is 0. The molecule has 1 saturated heterocycles. The number of carbonyl (C=O) groups excluding carboxylic acids is 1. The van der Waals surface area contributed by atoms with Gasteiger partial charge < -0.3 is 4.90 Å². The predicted octanol–water partition coefficient (Wildman–Crippen LogP) is 1.74. The minimum absolute atomic E-state index is 0.0596. The fourth-order valence-electron chi connectivity index (χ4n) is 2.11. The summed E-state index contributed by atoms with van der Waals surface area (Å²) in [6.45, 7) is 1.68. The zero-order chi connectivity index (χ0) is 9.97. The van der Waals surface area contributed by atoms with Gasteiger partial charge in [-0.1, -0.05) is 6.08 Å². The molecule has 2 rings (SSSR count). The lowest BCUT2D eigenvalue weighted by Crippen LogP contribution is -2.34. The molecule has 1 fully saturated rings. The molecule has 14 heavy (non-hydrogen) atoms. The van der Waals surface area contributed by atoms with Crippen LogP contribution in [-0.2, 0) is 4.79 Å². The van der Waals surface area contributed by atoms with E-state index in [1.54, 1.807) is 0 Å². The molecule has 0 radical (unpaired) electrons. The Kier molecular flexibility index (Phi) is 2.66. The number of hydrogen-bond donors (Lipinski definition) is 1. The number of rotatable bonds is 2. The third kappa shape index (κ3) is 1.72. The van der Waals surface area contributed by atoms with E-state index in [1.807, 2.05) is 11.0 Å². The van der Waals surface area contributed by atoms with Crippen molar-refractivity contribution < 1.29 is 4.79 Å². The second-order valence-corrected chi connectivity index (χ2v) is 4.00. The van der Waals surface area contributed by atoms with Crippen molar-refractivity contribution in [1.29, 1.82) is 5.41 Å². The molecule has 2 aliphatic rings. The van der Waals surface area contributed by atoms with Gasteiger partial charge in [0.25, 0.3) is 5.91 Å². The smallest absolute Gasteiger partial charge is 0.272 e. The van der Waals surface area contributed by atoms with Crippen molar-refractivity contribution in [2.45, 2.75) is 32.1 Å². The first kappa shape index (κ1) is 9.44. The van der Waals surface area contributed by atoms with Gasteiger partial charge in [0.1, 0.15) is 5.71 Å². The van der Waals surface area contributed by atoms with E-state index in [-0.39, 0.29) is 11.6 Å². The Balaban J connectivity index is 1.99. The quantitative estimate of drug-likeness (QED) is 0.665. The highest BCUT2D eigenvalue weighted by atomic mass is 16.2. The van der Waals surface area contributed by atoms with Gasteiger partial charge in [0.15, 0.2) is 0 Å². The fraction of sp³-hybridized carbons (Fsp3) is 0.636. The third-order valence-electron chi connectivity index (χ3n) is 2.97. The summed E-state index contributed by atoms with van der Waals surface area (Å²) in [6, 6.07) is 0. The Morgan fingerprint density at radius 3 is 2.57 bits per heavy atom. The van der Waals surface area contributed by atoms with Crippen molar-refractivity contribution in [3.8, 4) is 0 Å². The highest BCUT2D eigenvalue weighted by Crippen LogP contribution is 2.20. The summed E-state index contributed by atoms with van der Waals surface area (Å²) in [5.41, 5.74) is 1.20. The summed E-state index contributed by atoms with van der Waals surface area (Å²) in [5, 5.41) is 7.80. The Hall–Kier alpha value is -1.12. The minimum Gasteiger partial charge on any atom is -0.337 e. The number of hydrogen-bond acceptors (Lipinski definition) is 2. The van der Waals surface area contributed by atoms with E-state index in [1.165, 1.54) is 0 Å². The van der Waals surface area contributed by atoms with Crippen LogP contribution in [0.15, 0.2) is 11.6 Å².